The Morgan fingerprint density at radius 2 is 1.81 bits per heavy atom. The van der Waals surface area contributed by atoms with Crippen LogP contribution in [0.15, 0.2) is 24.3 Å². The molecule has 0 unspecified atom stereocenters. The summed E-state index contributed by atoms with van der Waals surface area (Å²) in [6.07, 6.45) is 2.14. The number of carbonyl (C=O) groups excluding carboxylic acids is 3. The molecule has 6 heteroatoms. The Bertz CT molecular complexity index is 679. The smallest absolute Gasteiger partial charge is 0.243 e. The number of aryl methyl sites for hydroxylation is 1. The highest BCUT2D eigenvalue weighted by molar-refractivity contribution is 5.95. The fourth-order valence-electron chi connectivity index (χ4n) is 3.46. The van der Waals surface area contributed by atoms with Gasteiger partial charge in [-0.05, 0) is 30.9 Å². The monoisotopic (exact) mass is 373 g/mol. The summed E-state index contributed by atoms with van der Waals surface area (Å²) in [7, 11) is 1.67. The van der Waals surface area contributed by atoms with Crippen molar-refractivity contribution < 1.29 is 14.4 Å². The highest BCUT2D eigenvalue weighted by Gasteiger charge is 2.30. The zero-order chi connectivity index (χ0) is 20.0. The van der Waals surface area contributed by atoms with E-state index in [2.05, 4.69) is 5.32 Å². The molecule has 1 fully saturated rings. The van der Waals surface area contributed by atoms with Crippen molar-refractivity contribution in [3.05, 3.63) is 29.8 Å². The summed E-state index contributed by atoms with van der Waals surface area (Å²) in [5.74, 6) is -0.218. The number of benzene rings is 1. The first-order valence-electron chi connectivity index (χ1n) is 9.75. The Labute approximate surface area is 161 Å². The zero-order valence-corrected chi connectivity index (χ0v) is 16.8. The van der Waals surface area contributed by atoms with Gasteiger partial charge in [0.05, 0.1) is 6.54 Å². The van der Waals surface area contributed by atoms with Gasteiger partial charge in [0.25, 0.3) is 0 Å². The van der Waals surface area contributed by atoms with Gasteiger partial charge in [0.1, 0.15) is 0 Å². The summed E-state index contributed by atoms with van der Waals surface area (Å²) < 4.78 is 0. The molecule has 0 bridgehead atoms. The fraction of sp³-hybridized carbons (Fsp3) is 0.571. The summed E-state index contributed by atoms with van der Waals surface area (Å²) in [4.78, 5) is 40.4. The third kappa shape index (κ3) is 5.55. The van der Waals surface area contributed by atoms with E-state index in [9.17, 15) is 14.4 Å². The van der Waals surface area contributed by atoms with Crippen molar-refractivity contribution in [2.24, 2.45) is 11.8 Å². The molecule has 6 nitrogen and oxygen atoms in total. The summed E-state index contributed by atoms with van der Waals surface area (Å²) in [5, 5.41) is 2.90. The normalized spacial score (nSPS) is 14.9. The van der Waals surface area contributed by atoms with Crippen LogP contribution < -0.4 is 5.32 Å². The number of carbonyl (C=O) groups is 3. The standard InChI is InChI=1S/C21H31N3O3/c1-5-16-8-6-7-9-18(16)22-19(25)14-23(4)21(27)17-10-12-24(13-11-17)20(26)15(2)3/h6-9,15,17H,5,10-14H2,1-4H3,(H,22,25). The van der Waals surface area contributed by atoms with Crippen LogP contribution in [0.3, 0.4) is 0 Å². The quantitative estimate of drug-likeness (QED) is 0.833. The van der Waals surface area contributed by atoms with Crippen LogP contribution in [0.1, 0.15) is 39.2 Å². The van der Waals surface area contributed by atoms with Crippen LogP contribution in [-0.2, 0) is 20.8 Å². The van der Waals surface area contributed by atoms with E-state index in [-0.39, 0.29) is 36.1 Å². The summed E-state index contributed by atoms with van der Waals surface area (Å²) >= 11 is 0. The van der Waals surface area contributed by atoms with E-state index < -0.39 is 0 Å². The van der Waals surface area contributed by atoms with Gasteiger partial charge in [0, 0.05) is 37.7 Å². The second kappa shape index (κ2) is 9.53. The molecule has 1 aliphatic rings. The molecule has 2 rings (SSSR count). The minimum Gasteiger partial charge on any atom is -0.342 e. The van der Waals surface area contributed by atoms with Crippen LogP contribution in [0.5, 0.6) is 0 Å². The maximum Gasteiger partial charge on any atom is 0.243 e. The highest BCUT2D eigenvalue weighted by atomic mass is 16.2. The van der Waals surface area contributed by atoms with Crippen LogP contribution in [-0.4, -0.2) is 54.2 Å². The average molecular weight is 373 g/mol. The lowest BCUT2D eigenvalue weighted by atomic mass is 9.94. The van der Waals surface area contributed by atoms with E-state index in [0.717, 1.165) is 17.7 Å². The highest BCUT2D eigenvalue weighted by Crippen LogP contribution is 2.21. The lowest BCUT2D eigenvalue weighted by molar-refractivity contribution is -0.142. The van der Waals surface area contributed by atoms with Gasteiger partial charge in [-0.2, -0.15) is 0 Å². The lowest BCUT2D eigenvalue weighted by Crippen LogP contribution is -2.45. The van der Waals surface area contributed by atoms with Gasteiger partial charge >= 0.3 is 0 Å². The second-order valence-electron chi connectivity index (χ2n) is 7.51. The number of amides is 3. The first kappa shape index (κ1) is 20.9. The lowest BCUT2D eigenvalue weighted by Gasteiger charge is -2.34. The molecule has 1 heterocycles. The summed E-state index contributed by atoms with van der Waals surface area (Å²) in [5.41, 5.74) is 1.87. The molecule has 0 atom stereocenters. The van der Waals surface area contributed by atoms with Gasteiger partial charge in [0.15, 0.2) is 0 Å². The Morgan fingerprint density at radius 1 is 1.19 bits per heavy atom. The van der Waals surface area contributed by atoms with Gasteiger partial charge in [-0.25, -0.2) is 0 Å². The zero-order valence-electron chi connectivity index (χ0n) is 16.8. The van der Waals surface area contributed by atoms with Gasteiger partial charge in [-0.3, -0.25) is 14.4 Å². The van der Waals surface area contributed by atoms with Crippen LogP contribution >= 0.6 is 0 Å². The maximum atomic E-state index is 12.7. The van der Waals surface area contributed by atoms with Gasteiger partial charge < -0.3 is 15.1 Å². The number of likely N-dealkylation sites (N-methyl/N-ethyl adjacent to an activating group) is 1. The summed E-state index contributed by atoms with van der Waals surface area (Å²) in [6, 6.07) is 7.69. The minimum atomic E-state index is -0.195. The number of anilines is 1. The Morgan fingerprint density at radius 3 is 2.41 bits per heavy atom. The molecule has 1 saturated heterocycles. The van der Waals surface area contributed by atoms with E-state index >= 15 is 0 Å². The summed E-state index contributed by atoms with van der Waals surface area (Å²) in [6.45, 7) is 7.07. The molecule has 0 spiro atoms. The third-order valence-electron chi connectivity index (χ3n) is 5.08. The number of hydrogen-bond acceptors (Lipinski definition) is 3. The Kier molecular flexibility index (Phi) is 7.39. The molecular formula is C21H31N3O3. The predicted molar refractivity (Wildman–Crippen MR) is 106 cm³/mol. The topological polar surface area (TPSA) is 69.7 Å². The number of piperidine rings is 1. The Balaban J connectivity index is 1.85. The predicted octanol–water partition coefficient (Wildman–Crippen LogP) is 2.54. The molecule has 148 valence electrons. The van der Waals surface area contributed by atoms with E-state index in [1.807, 2.05) is 49.9 Å². The second-order valence-corrected chi connectivity index (χ2v) is 7.51. The minimum absolute atomic E-state index is 0.0189. The van der Waals surface area contributed by atoms with Crippen molar-refractivity contribution in [3.8, 4) is 0 Å². The molecule has 3 amide bonds. The molecule has 1 N–H and O–H groups in total. The first-order valence-corrected chi connectivity index (χ1v) is 9.75. The molecule has 0 aromatic heterocycles. The largest absolute Gasteiger partial charge is 0.342 e. The molecule has 0 radical (unpaired) electrons. The van der Waals surface area contributed by atoms with E-state index in [1.54, 1.807) is 7.05 Å². The van der Waals surface area contributed by atoms with Crippen LogP contribution in [0.2, 0.25) is 0 Å². The Hall–Kier alpha value is -2.37. The van der Waals surface area contributed by atoms with Crippen molar-refractivity contribution in [2.45, 2.75) is 40.0 Å². The van der Waals surface area contributed by atoms with E-state index in [1.165, 1.54) is 4.90 Å². The van der Waals surface area contributed by atoms with Gasteiger partial charge in [-0.1, -0.05) is 39.0 Å². The molecule has 1 aromatic carbocycles. The first-order chi connectivity index (χ1) is 12.8. The molecule has 0 aliphatic carbocycles. The van der Waals surface area contributed by atoms with Crippen molar-refractivity contribution in [1.82, 2.24) is 9.80 Å². The van der Waals surface area contributed by atoms with Crippen molar-refractivity contribution in [1.29, 1.82) is 0 Å². The SMILES string of the molecule is CCc1ccccc1NC(=O)CN(C)C(=O)C1CCN(C(=O)C(C)C)CC1. The van der Waals surface area contributed by atoms with E-state index in [0.29, 0.717) is 25.9 Å². The van der Waals surface area contributed by atoms with Crippen molar-refractivity contribution in [2.75, 3.05) is 32.0 Å². The fourth-order valence-corrected chi connectivity index (χ4v) is 3.46. The molecule has 1 aliphatic heterocycles. The van der Waals surface area contributed by atoms with Crippen LogP contribution in [0.25, 0.3) is 0 Å². The number of para-hydroxylation sites is 1. The van der Waals surface area contributed by atoms with Crippen LogP contribution in [0.4, 0.5) is 5.69 Å². The van der Waals surface area contributed by atoms with Crippen molar-refractivity contribution in [3.63, 3.8) is 0 Å². The number of hydrogen-bond donors (Lipinski definition) is 1. The van der Waals surface area contributed by atoms with Crippen molar-refractivity contribution >= 4 is 23.4 Å². The van der Waals surface area contributed by atoms with Gasteiger partial charge in [-0.15, -0.1) is 0 Å². The molecular weight excluding hydrogens is 342 g/mol. The third-order valence-corrected chi connectivity index (χ3v) is 5.08. The average Bonchev–Trinajstić information content (AvgIpc) is 2.67. The maximum absolute atomic E-state index is 12.7. The molecule has 27 heavy (non-hydrogen) atoms. The number of nitrogens with zero attached hydrogens (tertiary/aromatic N) is 2. The number of nitrogens with one attached hydrogen (secondary N) is 1. The van der Waals surface area contributed by atoms with E-state index in [4.69, 9.17) is 0 Å². The molecule has 0 saturated carbocycles. The number of rotatable bonds is 6. The number of likely N-dealkylation sites (tertiary alicyclic amines) is 1. The van der Waals surface area contributed by atoms with Crippen LogP contribution in [0, 0.1) is 11.8 Å². The molecule has 1 aromatic rings. The van der Waals surface area contributed by atoms with Gasteiger partial charge in [0.2, 0.25) is 17.7 Å².